The largest absolute Gasteiger partial charge is 0.249 e. The SMILES string of the molecule is CSC1CC(c2ccccc2)NN1. The molecule has 0 aromatic heterocycles. The van der Waals surface area contributed by atoms with E-state index in [2.05, 4.69) is 47.4 Å². The molecule has 1 aromatic carbocycles. The Morgan fingerprint density at radius 1 is 1.23 bits per heavy atom. The van der Waals surface area contributed by atoms with Crippen LogP contribution in [0.25, 0.3) is 0 Å². The standard InChI is InChI=1S/C10H14N2S/c1-13-10-7-9(11-12-10)8-5-3-2-4-6-8/h2-6,9-12H,7H2,1H3. The number of benzene rings is 1. The summed E-state index contributed by atoms with van der Waals surface area (Å²) >= 11 is 1.86. The van der Waals surface area contributed by atoms with Gasteiger partial charge in [-0.15, -0.1) is 11.8 Å². The lowest BCUT2D eigenvalue weighted by Crippen LogP contribution is -2.28. The van der Waals surface area contributed by atoms with Crippen LogP contribution in [0, 0.1) is 0 Å². The van der Waals surface area contributed by atoms with Gasteiger partial charge in [0.05, 0.1) is 5.37 Å². The Balaban J connectivity index is 2.04. The first-order valence-corrected chi connectivity index (χ1v) is 5.78. The first kappa shape index (κ1) is 9.06. The lowest BCUT2D eigenvalue weighted by atomic mass is 10.1. The Labute approximate surface area is 83.1 Å². The maximum atomic E-state index is 3.30. The van der Waals surface area contributed by atoms with Gasteiger partial charge in [-0.25, -0.2) is 10.9 Å². The number of hydrogen-bond acceptors (Lipinski definition) is 3. The van der Waals surface area contributed by atoms with Crippen molar-refractivity contribution in [3.8, 4) is 0 Å². The minimum atomic E-state index is 0.471. The Kier molecular flexibility index (Phi) is 2.88. The van der Waals surface area contributed by atoms with Crippen LogP contribution >= 0.6 is 11.8 Å². The molecule has 2 unspecified atom stereocenters. The summed E-state index contributed by atoms with van der Waals surface area (Å²) in [6.07, 6.45) is 3.29. The fraction of sp³-hybridized carbons (Fsp3) is 0.400. The molecule has 0 spiro atoms. The average molecular weight is 194 g/mol. The molecule has 0 saturated carbocycles. The van der Waals surface area contributed by atoms with Crippen molar-refractivity contribution in [1.29, 1.82) is 0 Å². The molecule has 1 aliphatic rings. The van der Waals surface area contributed by atoms with Crippen molar-refractivity contribution < 1.29 is 0 Å². The van der Waals surface area contributed by atoms with E-state index in [1.807, 2.05) is 11.8 Å². The average Bonchev–Trinajstić information content (AvgIpc) is 2.67. The second-order valence-electron chi connectivity index (χ2n) is 3.21. The normalized spacial score (nSPS) is 27.8. The van der Waals surface area contributed by atoms with Crippen LogP contribution in [0.15, 0.2) is 30.3 Å². The van der Waals surface area contributed by atoms with Gasteiger partial charge in [-0.1, -0.05) is 30.3 Å². The molecule has 1 aliphatic heterocycles. The molecule has 2 nitrogen and oxygen atoms in total. The molecule has 1 saturated heterocycles. The molecule has 2 N–H and O–H groups in total. The van der Waals surface area contributed by atoms with Gasteiger partial charge in [-0.3, -0.25) is 0 Å². The van der Waals surface area contributed by atoms with Gasteiger partial charge in [-0.05, 0) is 18.2 Å². The number of hydrogen-bond donors (Lipinski definition) is 2. The third-order valence-corrected chi connectivity index (χ3v) is 3.23. The van der Waals surface area contributed by atoms with E-state index in [1.54, 1.807) is 0 Å². The van der Waals surface area contributed by atoms with Crippen molar-refractivity contribution in [2.75, 3.05) is 6.26 Å². The van der Waals surface area contributed by atoms with Crippen LogP contribution in [0.3, 0.4) is 0 Å². The molecule has 2 atom stereocenters. The highest BCUT2D eigenvalue weighted by atomic mass is 32.2. The third kappa shape index (κ3) is 2.05. The van der Waals surface area contributed by atoms with Crippen LogP contribution in [-0.2, 0) is 0 Å². The molecule has 1 heterocycles. The highest BCUT2D eigenvalue weighted by Gasteiger charge is 2.23. The fourth-order valence-corrected chi connectivity index (χ4v) is 2.16. The van der Waals surface area contributed by atoms with Gasteiger partial charge in [0.2, 0.25) is 0 Å². The van der Waals surface area contributed by atoms with E-state index < -0.39 is 0 Å². The Morgan fingerprint density at radius 3 is 2.62 bits per heavy atom. The first-order chi connectivity index (χ1) is 6.40. The molecular formula is C10H14N2S. The smallest absolute Gasteiger partial charge is 0.0682 e. The van der Waals surface area contributed by atoms with Crippen LogP contribution in [-0.4, -0.2) is 11.6 Å². The van der Waals surface area contributed by atoms with E-state index in [4.69, 9.17) is 0 Å². The van der Waals surface area contributed by atoms with Gasteiger partial charge in [0.1, 0.15) is 0 Å². The zero-order chi connectivity index (χ0) is 9.10. The third-order valence-electron chi connectivity index (χ3n) is 2.35. The van der Waals surface area contributed by atoms with Gasteiger partial charge in [-0.2, -0.15) is 0 Å². The number of thioether (sulfide) groups is 1. The van der Waals surface area contributed by atoms with Gasteiger partial charge < -0.3 is 0 Å². The molecule has 0 bridgehead atoms. The van der Waals surface area contributed by atoms with Crippen molar-refractivity contribution in [3.05, 3.63) is 35.9 Å². The molecule has 0 aliphatic carbocycles. The zero-order valence-corrected chi connectivity index (χ0v) is 8.47. The minimum Gasteiger partial charge on any atom is -0.249 e. The maximum absolute atomic E-state index is 3.30. The van der Waals surface area contributed by atoms with E-state index in [1.165, 1.54) is 5.56 Å². The summed E-state index contributed by atoms with van der Waals surface area (Å²) in [4.78, 5) is 0. The highest BCUT2D eigenvalue weighted by Crippen LogP contribution is 2.25. The predicted molar refractivity (Wildman–Crippen MR) is 57.4 cm³/mol. The topological polar surface area (TPSA) is 24.1 Å². The monoisotopic (exact) mass is 194 g/mol. The highest BCUT2D eigenvalue weighted by molar-refractivity contribution is 7.99. The van der Waals surface area contributed by atoms with E-state index in [0.717, 1.165) is 6.42 Å². The van der Waals surface area contributed by atoms with Gasteiger partial charge in [0.15, 0.2) is 0 Å². The van der Waals surface area contributed by atoms with Crippen molar-refractivity contribution in [1.82, 2.24) is 10.9 Å². The van der Waals surface area contributed by atoms with Crippen molar-refractivity contribution in [2.45, 2.75) is 17.8 Å². The summed E-state index contributed by atoms with van der Waals surface area (Å²) < 4.78 is 0. The summed E-state index contributed by atoms with van der Waals surface area (Å²) in [6.45, 7) is 0. The summed E-state index contributed by atoms with van der Waals surface area (Å²) in [5.74, 6) is 0. The van der Waals surface area contributed by atoms with E-state index >= 15 is 0 Å². The van der Waals surface area contributed by atoms with Gasteiger partial charge in [0.25, 0.3) is 0 Å². The Morgan fingerprint density at radius 2 is 2.00 bits per heavy atom. The second kappa shape index (κ2) is 4.13. The number of nitrogens with one attached hydrogen (secondary N) is 2. The van der Waals surface area contributed by atoms with Gasteiger partial charge >= 0.3 is 0 Å². The van der Waals surface area contributed by atoms with E-state index in [9.17, 15) is 0 Å². The summed E-state index contributed by atoms with van der Waals surface area (Å²) in [6, 6.07) is 11.0. The number of rotatable bonds is 2. The molecule has 70 valence electrons. The molecular weight excluding hydrogens is 180 g/mol. The minimum absolute atomic E-state index is 0.471. The summed E-state index contributed by atoms with van der Waals surface area (Å²) in [7, 11) is 0. The van der Waals surface area contributed by atoms with Crippen LogP contribution in [0.1, 0.15) is 18.0 Å². The molecule has 1 aromatic rings. The number of hydrazine groups is 1. The van der Waals surface area contributed by atoms with Crippen LogP contribution in [0.4, 0.5) is 0 Å². The van der Waals surface area contributed by atoms with Crippen LogP contribution in [0.5, 0.6) is 0 Å². The van der Waals surface area contributed by atoms with Gasteiger partial charge in [0, 0.05) is 6.04 Å². The second-order valence-corrected chi connectivity index (χ2v) is 4.25. The molecule has 2 rings (SSSR count). The van der Waals surface area contributed by atoms with E-state index in [0.29, 0.717) is 11.4 Å². The zero-order valence-electron chi connectivity index (χ0n) is 7.66. The molecule has 0 amide bonds. The predicted octanol–water partition coefficient (Wildman–Crippen LogP) is 1.91. The maximum Gasteiger partial charge on any atom is 0.0682 e. The lowest BCUT2D eigenvalue weighted by molar-refractivity contribution is 0.578. The van der Waals surface area contributed by atoms with Crippen molar-refractivity contribution in [3.63, 3.8) is 0 Å². The quantitative estimate of drug-likeness (QED) is 0.752. The fourth-order valence-electron chi connectivity index (χ4n) is 1.59. The van der Waals surface area contributed by atoms with Crippen LogP contribution in [0.2, 0.25) is 0 Å². The van der Waals surface area contributed by atoms with Crippen molar-refractivity contribution >= 4 is 11.8 Å². The van der Waals surface area contributed by atoms with E-state index in [-0.39, 0.29) is 0 Å². The molecule has 1 fully saturated rings. The Hall–Kier alpha value is -0.510. The van der Waals surface area contributed by atoms with Crippen molar-refractivity contribution in [2.24, 2.45) is 0 Å². The molecule has 0 radical (unpaired) electrons. The summed E-state index contributed by atoms with van der Waals surface area (Å²) in [5, 5.41) is 0.546. The van der Waals surface area contributed by atoms with Crippen LogP contribution < -0.4 is 10.9 Å². The Bertz CT molecular complexity index is 263. The summed E-state index contributed by atoms with van der Waals surface area (Å²) in [5.41, 5.74) is 7.94. The molecule has 13 heavy (non-hydrogen) atoms. The lowest BCUT2D eigenvalue weighted by Gasteiger charge is -2.08. The molecule has 3 heteroatoms. The first-order valence-electron chi connectivity index (χ1n) is 4.49.